The second-order valence-electron chi connectivity index (χ2n) is 7.29. The highest BCUT2D eigenvalue weighted by Crippen LogP contribution is 2.27. The third-order valence-electron chi connectivity index (χ3n) is 5.09. The molecule has 3 aromatic rings. The Hall–Kier alpha value is -3.76. The van der Waals surface area contributed by atoms with Crippen molar-refractivity contribution >= 4 is 22.8 Å². The Balaban J connectivity index is 1.50. The molecule has 1 atom stereocenters. The molecule has 0 aliphatic carbocycles. The van der Waals surface area contributed by atoms with Crippen LogP contribution in [0.2, 0.25) is 0 Å². The molecule has 1 amide bonds. The maximum atomic E-state index is 14.0. The predicted molar refractivity (Wildman–Crippen MR) is 105 cm³/mol. The molecule has 10 nitrogen and oxygen atoms in total. The summed E-state index contributed by atoms with van der Waals surface area (Å²) in [4.78, 5) is 49.3. The smallest absolute Gasteiger partial charge is 0.332 e. The van der Waals surface area contributed by atoms with E-state index < -0.39 is 28.6 Å². The summed E-state index contributed by atoms with van der Waals surface area (Å²) in [5, 5.41) is 6.56. The van der Waals surface area contributed by atoms with Gasteiger partial charge in [-0.3, -0.25) is 18.7 Å². The molecule has 30 heavy (non-hydrogen) atoms. The highest BCUT2D eigenvalue weighted by molar-refractivity contribution is 6.05. The maximum absolute atomic E-state index is 14.0. The van der Waals surface area contributed by atoms with E-state index >= 15 is 0 Å². The number of H-pyrrole nitrogens is 1. The SMILES string of the molecule is Cn1c(=O)c2[nH]c(CNC(=O)C3(C)CC(c4ccccc4F)=NO3)nc2n(C)c1=O. The third-order valence-corrected chi connectivity index (χ3v) is 5.09. The van der Waals surface area contributed by atoms with Crippen molar-refractivity contribution in [2.24, 2.45) is 19.3 Å². The first kappa shape index (κ1) is 19.6. The summed E-state index contributed by atoms with van der Waals surface area (Å²) in [6, 6.07) is 6.13. The van der Waals surface area contributed by atoms with Crippen LogP contribution in [0.1, 0.15) is 24.7 Å². The number of amides is 1. The van der Waals surface area contributed by atoms with Gasteiger partial charge in [-0.2, -0.15) is 0 Å². The third kappa shape index (κ3) is 3.08. The summed E-state index contributed by atoms with van der Waals surface area (Å²) < 4.78 is 16.2. The number of halogens is 1. The molecule has 0 radical (unpaired) electrons. The van der Waals surface area contributed by atoms with Gasteiger partial charge in [0.25, 0.3) is 11.5 Å². The number of hydrogen-bond donors (Lipinski definition) is 2. The van der Waals surface area contributed by atoms with Crippen LogP contribution in [0.15, 0.2) is 39.0 Å². The predicted octanol–water partition coefficient (Wildman–Crippen LogP) is 0.299. The van der Waals surface area contributed by atoms with Gasteiger partial charge >= 0.3 is 5.69 Å². The first-order chi connectivity index (χ1) is 14.2. The molecule has 0 saturated heterocycles. The number of aryl methyl sites for hydroxylation is 1. The summed E-state index contributed by atoms with van der Waals surface area (Å²) in [6.07, 6.45) is 0.0922. The van der Waals surface area contributed by atoms with Crippen LogP contribution < -0.4 is 16.6 Å². The standard InChI is InChI=1S/C19H19FN6O4/c1-19(8-12(24-30-19)10-6-4-5-7-11(10)20)17(28)21-9-13-22-14-15(23-13)25(2)18(29)26(3)16(14)27/h4-7H,8-9H2,1-3H3,(H,21,28)(H,22,23). The number of aromatic amines is 1. The van der Waals surface area contributed by atoms with Crippen LogP contribution in [0, 0.1) is 5.82 Å². The van der Waals surface area contributed by atoms with Crippen LogP contribution in [0.5, 0.6) is 0 Å². The van der Waals surface area contributed by atoms with E-state index in [0.717, 1.165) is 4.57 Å². The summed E-state index contributed by atoms with van der Waals surface area (Å²) >= 11 is 0. The van der Waals surface area contributed by atoms with Gasteiger partial charge in [0.2, 0.25) is 5.60 Å². The van der Waals surface area contributed by atoms with Crippen molar-refractivity contribution in [1.29, 1.82) is 0 Å². The van der Waals surface area contributed by atoms with E-state index in [2.05, 4.69) is 20.4 Å². The lowest BCUT2D eigenvalue weighted by atomic mass is 9.95. The molecule has 0 saturated carbocycles. The summed E-state index contributed by atoms with van der Waals surface area (Å²) in [5.74, 6) is -0.618. The molecule has 1 aliphatic heterocycles. The normalized spacial score (nSPS) is 18.3. The van der Waals surface area contributed by atoms with Crippen molar-refractivity contribution in [1.82, 2.24) is 24.4 Å². The minimum absolute atomic E-state index is 0.0289. The topological polar surface area (TPSA) is 123 Å². The molecule has 0 bridgehead atoms. The number of carbonyl (C=O) groups is 1. The van der Waals surface area contributed by atoms with Gasteiger partial charge in [-0.05, 0) is 13.0 Å². The zero-order valence-electron chi connectivity index (χ0n) is 16.5. The van der Waals surface area contributed by atoms with Crippen molar-refractivity contribution in [3.05, 3.63) is 62.3 Å². The van der Waals surface area contributed by atoms with Crippen LogP contribution in [0.3, 0.4) is 0 Å². The molecular weight excluding hydrogens is 395 g/mol. The van der Waals surface area contributed by atoms with Crippen LogP contribution in [0.4, 0.5) is 4.39 Å². The van der Waals surface area contributed by atoms with E-state index in [-0.39, 0.29) is 29.7 Å². The van der Waals surface area contributed by atoms with E-state index in [1.54, 1.807) is 25.1 Å². The number of rotatable bonds is 4. The lowest BCUT2D eigenvalue weighted by Crippen LogP contribution is -2.44. The number of nitrogens with one attached hydrogen (secondary N) is 2. The van der Waals surface area contributed by atoms with Crippen LogP contribution >= 0.6 is 0 Å². The highest BCUT2D eigenvalue weighted by Gasteiger charge is 2.42. The van der Waals surface area contributed by atoms with E-state index in [9.17, 15) is 18.8 Å². The van der Waals surface area contributed by atoms with Crippen LogP contribution in [-0.2, 0) is 30.3 Å². The Labute approximate surface area is 169 Å². The van der Waals surface area contributed by atoms with E-state index in [1.807, 2.05) is 0 Å². The Bertz CT molecular complexity index is 1320. The largest absolute Gasteiger partial charge is 0.379 e. The fourth-order valence-electron chi connectivity index (χ4n) is 3.31. The zero-order chi connectivity index (χ0) is 21.6. The van der Waals surface area contributed by atoms with Crippen molar-refractivity contribution in [2.75, 3.05) is 0 Å². The van der Waals surface area contributed by atoms with Gasteiger partial charge in [-0.25, -0.2) is 14.2 Å². The molecule has 156 valence electrons. The number of benzene rings is 1. The van der Waals surface area contributed by atoms with Gasteiger partial charge in [-0.15, -0.1) is 0 Å². The average Bonchev–Trinajstić information content (AvgIpc) is 3.34. The molecule has 11 heteroatoms. The van der Waals surface area contributed by atoms with E-state index in [4.69, 9.17) is 4.84 Å². The number of carbonyl (C=O) groups excluding carboxylic acids is 1. The second kappa shape index (κ2) is 6.94. The lowest BCUT2D eigenvalue weighted by molar-refractivity contribution is -0.141. The van der Waals surface area contributed by atoms with Crippen molar-refractivity contribution in [3.63, 3.8) is 0 Å². The number of aromatic nitrogens is 4. The highest BCUT2D eigenvalue weighted by atomic mass is 19.1. The minimum Gasteiger partial charge on any atom is -0.379 e. The molecule has 2 aromatic heterocycles. The van der Waals surface area contributed by atoms with Gasteiger partial charge in [0.1, 0.15) is 17.2 Å². The van der Waals surface area contributed by atoms with Crippen LogP contribution in [0.25, 0.3) is 11.2 Å². The maximum Gasteiger partial charge on any atom is 0.332 e. The molecule has 2 N–H and O–H groups in total. The summed E-state index contributed by atoms with van der Waals surface area (Å²) in [6.45, 7) is 1.52. The zero-order valence-corrected chi connectivity index (χ0v) is 16.5. The monoisotopic (exact) mass is 414 g/mol. The molecular formula is C19H19FN6O4. The van der Waals surface area contributed by atoms with Gasteiger partial charge in [0.15, 0.2) is 5.65 Å². The minimum atomic E-state index is -1.31. The van der Waals surface area contributed by atoms with Crippen LogP contribution in [-0.4, -0.2) is 36.3 Å². The quantitative estimate of drug-likeness (QED) is 0.636. The fraction of sp³-hybridized carbons (Fsp3) is 0.316. The molecule has 1 aromatic carbocycles. The van der Waals surface area contributed by atoms with Crippen molar-refractivity contribution in [3.8, 4) is 0 Å². The van der Waals surface area contributed by atoms with E-state index in [1.165, 1.54) is 24.7 Å². The van der Waals surface area contributed by atoms with Gasteiger partial charge in [-0.1, -0.05) is 23.4 Å². The first-order valence-corrected chi connectivity index (χ1v) is 9.14. The number of oxime groups is 1. The first-order valence-electron chi connectivity index (χ1n) is 9.14. The molecule has 4 rings (SSSR count). The number of nitrogens with zero attached hydrogens (tertiary/aromatic N) is 4. The lowest BCUT2D eigenvalue weighted by Gasteiger charge is -2.20. The number of fused-ring (bicyclic) bond motifs is 1. The molecule has 1 aliphatic rings. The summed E-state index contributed by atoms with van der Waals surface area (Å²) in [7, 11) is 2.88. The van der Waals surface area contributed by atoms with Crippen molar-refractivity contribution < 1.29 is 14.0 Å². The number of imidazole rings is 1. The van der Waals surface area contributed by atoms with Gasteiger partial charge in [0.05, 0.1) is 12.3 Å². The molecule has 0 spiro atoms. The second-order valence-corrected chi connectivity index (χ2v) is 7.29. The van der Waals surface area contributed by atoms with Crippen molar-refractivity contribution in [2.45, 2.75) is 25.5 Å². The molecule has 3 heterocycles. The number of hydrogen-bond acceptors (Lipinski definition) is 6. The summed E-state index contributed by atoms with van der Waals surface area (Å²) in [5.41, 5.74) is -1.34. The van der Waals surface area contributed by atoms with E-state index in [0.29, 0.717) is 11.5 Å². The Kier molecular flexibility index (Phi) is 4.52. The Morgan fingerprint density at radius 1 is 1.30 bits per heavy atom. The van der Waals surface area contributed by atoms with Gasteiger partial charge < -0.3 is 15.1 Å². The molecule has 0 fully saturated rings. The fourth-order valence-corrected chi connectivity index (χ4v) is 3.31. The molecule has 1 unspecified atom stereocenters. The Morgan fingerprint density at radius 2 is 2.03 bits per heavy atom. The average molecular weight is 414 g/mol. The van der Waals surface area contributed by atoms with Gasteiger partial charge in [0, 0.05) is 26.1 Å². The Morgan fingerprint density at radius 3 is 2.77 bits per heavy atom.